The number of carbonyl (C=O) groups is 2. The summed E-state index contributed by atoms with van der Waals surface area (Å²) in [7, 11) is -4.54. The predicted molar refractivity (Wildman–Crippen MR) is 97.6 cm³/mol. The van der Waals surface area contributed by atoms with Crippen LogP contribution in [-0.4, -0.2) is 39.1 Å². The number of anilines is 1. The minimum Gasteiger partial charge on any atom is -0.449 e. The molecule has 0 saturated heterocycles. The second-order valence-electron chi connectivity index (χ2n) is 5.98. The molecule has 2 aromatic rings. The lowest BCUT2D eigenvalue weighted by Gasteiger charge is -2.14. The van der Waals surface area contributed by atoms with Crippen molar-refractivity contribution in [3.8, 4) is 0 Å². The van der Waals surface area contributed by atoms with Crippen molar-refractivity contribution in [3.05, 3.63) is 59.9 Å². The van der Waals surface area contributed by atoms with Crippen molar-refractivity contribution in [1.82, 2.24) is 4.72 Å². The van der Waals surface area contributed by atoms with Crippen LogP contribution < -0.4 is 10.0 Å². The standard InChI is InChI=1S/C18H16F4N2O5S/c1-11(16(25)24-15-8-3-2-7-14(15)19)29-17(26)12-5-4-6-13(9-12)30(27,28)23-10-18(20,21)22/h2-9,11,23H,10H2,1H3,(H,24,25). The Labute approximate surface area is 169 Å². The molecule has 1 unspecified atom stereocenters. The molecule has 2 rings (SSSR count). The molecule has 0 aliphatic carbocycles. The Morgan fingerprint density at radius 1 is 1.10 bits per heavy atom. The Kier molecular flexibility index (Phi) is 7.16. The third-order valence-electron chi connectivity index (χ3n) is 3.63. The first kappa shape index (κ1) is 23.3. The van der Waals surface area contributed by atoms with E-state index in [0.717, 1.165) is 30.3 Å². The van der Waals surface area contributed by atoms with Crippen LogP contribution in [0.25, 0.3) is 0 Å². The van der Waals surface area contributed by atoms with E-state index in [0.29, 0.717) is 0 Å². The lowest BCUT2D eigenvalue weighted by molar-refractivity contribution is -0.124. The first-order valence-corrected chi connectivity index (χ1v) is 9.80. The monoisotopic (exact) mass is 448 g/mol. The number of sulfonamides is 1. The molecule has 1 atom stereocenters. The molecule has 0 saturated carbocycles. The zero-order valence-corrected chi connectivity index (χ0v) is 16.2. The summed E-state index contributed by atoms with van der Waals surface area (Å²) in [6, 6.07) is 9.39. The predicted octanol–water partition coefficient (Wildman–Crippen LogP) is 2.85. The van der Waals surface area contributed by atoms with Crippen LogP contribution in [0.15, 0.2) is 53.4 Å². The van der Waals surface area contributed by atoms with Gasteiger partial charge in [0.05, 0.1) is 16.1 Å². The average Bonchev–Trinajstić information content (AvgIpc) is 2.67. The van der Waals surface area contributed by atoms with Gasteiger partial charge in [0.1, 0.15) is 12.4 Å². The van der Waals surface area contributed by atoms with Crippen LogP contribution in [0.4, 0.5) is 23.2 Å². The van der Waals surface area contributed by atoms with E-state index >= 15 is 0 Å². The summed E-state index contributed by atoms with van der Waals surface area (Å²) in [4.78, 5) is 23.7. The minimum absolute atomic E-state index is 0.130. The molecule has 1 amide bonds. The maximum atomic E-state index is 13.6. The Morgan fingerprint density at radius 3 is 2.40 bits per heavy atom. The third kappa shape index (κ3) is 6.52. The summed E-state index contributed by atoms with van der Waals surface area (Å²) in [5, 5.41) is 2.23. The van der Waals surface area contributed by atoms with E-state index < -0.39 is 51.4 Å². The highest BCUT2D eigenvalue weighted by Gasteiger charge is 2.30. The van der Waals surface area contributed by atoms with Gasteiger partial charge < -0.3 is 10.1 Å². The quantitative estimate of drug-likeness (QED) is 0.501. The van der Waals surface area contributed by atoms with Gasteiger partial charge in [0.25, 0.3) is 5.91 Å². The molecule has 0 spiro atoms. The Morgan fingerprint density at radius 2 is 1.77 bits per heavy atom. The van der Waals surface area contributed by atoms with E-state index in [1.807, 2.05) is 0 Å². The average molecular weight is 448 g/mol. The number of carbonyl (C=O) groups excluding carboxylic acids is 2. The molecule has 0 aliphatic rings. The topological polar surface area (TPSA) is 102 Å². The van der Waals surface area contributed by atoms with Crippen LogP contribution in [0.3, 0.4) is 0 Å². The second kappa shape index (κ2) is 9.22. The number of alkyl halides is 3. The molecule has 30 heavy (non-hydrogen) atoms. The molecular weight excluding hydrogens is 432 g/mol. The molecule has 2 N–H and O–H groups in total. The Balaban J connectivity index is 2.07. The fraction of sp³-hybridized carbons (Fsp3) is 0.222. The van der Waals surface area contributed by atoms with E-state index in [-0.39, 0.29) is 11.3 Å². The van der Waals surface area contributed by atoms with Gasteiger partial charge in [-0.1, -0.05) is 18.2 Å². The zero-order chi connectivity index (χ0) is 22.5. The van der Waals surface area contributed by atoms with Crippen LogP contribution in [0.2, 0.25) is 0 Å². The SMILES string of the molecule is CC(OC(=O)c1cccc(S(=O)(=O)NCC(F)(F)F)c1)C(=O)Nc1ccccc1F. The highest BCUT2D eigenvalue weighted by atomic mass is 32.2. The van der Waals surface area contributed by atoms with Gasteiger partial charge in [-0.25, -0.2) is 22.3 Å². The first-order chi connectivity index (χ1) is 13.9. The molecule has 2 aromatic carbocycles. The zero-order valence-electron chi connectivity index (χ0n) is 15.4. The highest BCUT2D eigenvalue weighted by molar-refractivity contribution is 7.89. The van der Waals surface area contributed by atoms with Gasteiger partial charge in [-0.05, 0) is 37.3 Å². The molecule has 162 valence electrons. The molecule has 0 fully saturated rings. The summed E-state index contributed by atoms with van der Waals surface area (Å²) < 4.78 is 80.5. The summed E-state index contributed by atoms with van der Waals surface area (Å²) >= 11 is 0. The number of nitrogens with one attached hydrogen (secondary N) is 2. The Bertz CT molecular complexity index is 1040. The minimum atomic E-state index is -4.76. The van der Waals surface area contributed by atoms with Gasteiger partial charge in [-0.2, -0.15) is 13.2 Å². The number of hydrogen-bond donors (Lipinski definition) is 2. The summed E-state index contributed by atoms with van der Waals surface area (Å²) in [5.74, 6) is -2.64. The molecule has 0 heterocycles. The van der Waals surface area contributed by atoms with Crippen molar-refractivity contribution < 1.29 is 40.3 Å². The summed E-state index contributed by atoms with van der Waals surface area (Å²) in [6.45, 7) is -0.573. The lowest BCUT2D eigenvalue weighted by Crippen LogP contribution is -2.34. The molecule has 0 bridgehead atoms. The lowest BCUT2D eigenvalue weighted by atomic mass is 10.2. The maximum Gasteiger partial charge on any atom is 0.402 e. The number of rotatable bonds is 7. The number of hydrogen-bond acceptors (Lipinski definition) is 5. The van der Waals surface area contributed by atoms with Crippen LogP contribution in [-0.2, 0) is 19.6 Å². The molecule has 0 radical (unpaired) electrons. The number of halogens is 4. The Hall–Kier alpha value is -2.99. The van der Waals surface area contributed by atoms with Gasteiger partial charge in [0, 0.05) is 0 Å². The van der Waals surface area contributed by atoms with Crippen molar-refractivity contribution >= 4 is 27.6 Å². The normalized spacial score (nSPS) is 12.8. The van der Waals surface area contributed by atoms with E-state index in [4.69, 9.17) is 4.74 Å². The van der Waals surface area contributed by atoms with E-state index in [1.165, 1.54) is 29.8 Å². The van der Waals surface area contributed by atoms with Gasteiger partial charge in [0.15, 0.2) is 6.10 Å². The number of esters is 1. The summed E-state index contributed by atoms with van der Waals surface area (Å²) in [6.07, 6.45) is -6.13. The highest BCUT2D eigenvalue weighted by Crippen LogP contribution is 2.17. The van der Waals surface area contributed by atoms with Gasteiger partial charge >= 0.3 is 12.1 Å². The maximum absolute atomic E-state index is 13.6. The van der Waals surface area contributed by atoms with Crippen LogP contribution in [0, 0.1) is 5.82 Å². The third-order valence-corrected chi connectivity index (χ3v) is 5.03. The van der Waals surface area contributed by atoms with Crippen LogP contribution in [0.5, 0.6) is 0 Å². The van der Waals surface area contributed by atoms with Crippen molar-refractivity contribution in [1.29, 1.82) is 0 Å². The molecule has 12 heteroatoms. The summed E-state index contributed by atoms with van der Waals surface area (Å²) in [5.41, 5.74) is -0.440. The smallest absolute Gasteiger partial charge is 0.402 e. The fourth-order valence-corrected chi connectivity index (χ4v) is 3.19. The largest absolute Gasteiger partial charge is 0.449 e. The van der Waals surface area contributed by atoms with Gasteiger partial charge in [-0.15, -0.1) is 0 Å². The van der Waals surface area contributed by atoms with Crippen LogP contribution in [0.1, 0.15) is 17.3 Å². The number of para-hydroxylation sites is 1. The van der Waals surface area contributed by atoms with E-state index in [9.17, 15) is 35.6 Å². The molecular formula is C18H16F4N2O5S. The van der Waals surface area contributed by atoms with Gasteiger partial charge in [-0.3, -0.25) is 4.79 Å². The van der Waals surface area contributed by atoms with Crippen molar-refractivity contribution in [2.24, 2.45) is 0 Å². The number of ether oxygens (including phenoxy) is 1. The van der Waals surface area contributed by atoms with E-state index in [1.54, 1.807) is 0 Å². The van der Waals surface area contributed by atoms with Crippen LogP contribution >= 0.6 is 0 Å². The first-order valence-electron chi connectivity index (χ1n) is 8.32. The van der Waals surface area contributed by atoms with E-state index in [2.05, 4.69) is 5.32 Å². The van der Waals surface area contributed by atoms with Gasteiger partial charge in [0.2, 0.25) is 10.0 Å². The number of benzene rings is 2. The molecule has 0 aliphatic heterocycles. The molecule has 7 nitrogen and oxygen atoms in total. The fourth-order valence-electron chi connectivity index (χ4n) is 2.13. The molecule has 0 aromatic heterocycles. The van der Waals surface area contributed by atoms with Crippen molar-refractivity contribution in [2.75, 3.05) is 11.9 Å². The van der Waals surface area contributed by atoms with Crippen molar-refractivity contribution in [2.45, 2.75) is 24.1 Å². The number of amides is 1. The second-order valence-corrected chi connectivity index (χ2v) is 7.75. The van der Waals surface area contributed by atoms with Crippen molar-refractivity contribution in [3.63, 3.8) is 0 Å².